The molecule has 1 amide bonds. The normalized spacial score (nSPS) is 10.2. The molecule has 0 fully saturated rings. The SMILES string of the molecule is COc1ccc(NC(=O)COc2c(C)ccc(C)c2C)c([N+](=O)[O-])c1. The molecule has 0 saturated heterocycles. The van der Waals surface area contributed by atoms with E-state index >= 15 is 0 Å². The van der Waals surface area contributed by atoms with E-state index < -0.39 is 10.8 Å². The molecule has 7 heteroatoms. The molecule has 0 atom stereocenters. The number of carbonyl (C=O) groups is 1. The second kappa shape index (κ2) is 7.65. The molecule has 0 aliphatic rings. The third-order valence-electron chi connectivity index (χ3n) is 3.90. The number of hydrogen-bond donors (Lipinski definition) is 1. The zero-order valence-electron chi connectivity index (χ0n) is 14.6. The van der Waals surface area contributed by atoms with Gasteiger partial charge in [0.2, 0.25) is 0 Å². The van der Waals surface area contributed by atoms with Gasteiger partial charge in [0.15, 0.2) is 6.61 Å². The van der Waals surface area contributed by atoms with Crippen molar-refractivity contribution in [3.63, 3.8) is 0 Å². The highest BCUT2D eigenvalue weighted by molar-refractivity contribution is 5.94. The fraction of sp³-hybridized carbons (Fsp3) is 0.278. The van der Waals surface area contributed by atoms with Crippen LogP contribution in [0.1, 0.15) is 16.7 Å². The van der Waals surface area contributed by atoms with Crippen LogP contribution < -0.4 is 14.8 Å². The maximum Gasteiger partial charge on any atom is 0.296 e. The molecule has 2 rings (SSSR count). The van der Waals surface area contributed by atoms with Crippen LogP contribution in [0.4, 0.5) is 11.4 Å². The van der Waals surface area contributed by atoms with Gasteiger partial charge in [-0.15, -0.1) is 0 Å². The van der Waals surface area contributed by atoms with Gasteiger partial charge >= 0.3 is 0 Å². The van der Waals surface area contributed by atoms with E-state index in [-0.39, 0.29) is 18.0 Å². The molecule has 0 aliphatic heterocycles. The van der Waals surface area contributed by atoms with Gasteiger partial charge in [-0.2, -0.15) is 0 Å². The van der Waals surface area contributed by atoms with Crippen LogP contribution in [0, 0.1) is 30.9 Å². The van der Waals surface area contributed by atoms with Gasteiger partial charge in [-0.3, -0.25) is 14.9 Å². The molecule has 7 nitrogen and oxygen atoms in total. The Labute approximate surface area is 145 Å². The number of amides is 1. The van der Waals surface area contributed by atoms with Gasteiger partial charge < -0.3 is 14.8 Å². The Morgan fingerprint density at radius 3 is 2.48 bits per heavy atom. The molecule has 0 saturated carbocycles. The van der Waals surface area contributed by atoms with Crippen molar-refractivity contribution < 1.29 is 19.2 Å². The zero-order chi connectivity index (χ0) is 18.6. The number of nitro benzene ring substituents is 1. The lowest BCUT2D eigenvalue weighted by Gasteiger charge is -2.14. The molecule has 2 aromatic rings. The van der Waals surface area contributed by atoms with Gasteiger partial charge in [0.05, 0.1) is 18.1 Å². The van der Waals surface area contributed by atoms with E-state index in [0.29, 0.717) is 11.5 Å². The Morgan fingerprint density at radius 2 is 1.84 bits per heavy atom. The number of hydrogen-bond acceptors (Lipinski definition) is 5. The summed E-state index contributed by atoms with van der Waals surface area (Å²) in [6.07, 6.45) is 0. The minimum absolute atomic E-state index is 0.0945. The lowest BCUT2D eigenvalue weighted by molar-refractivity contribution is -0.384. The molecular formula is C18H20N2O5. The first-order valence-electron chi connectivity index (χ1n) is 7.65. The molecule has 0 unspecified atom stereocenters. The Bertz CT molecular complexity index is 817. The first-order valence-corrected chi connectivity index (χ1v) is 7.65. The van der Waals surface area contributed by atoms with Crippen molar-refractivity contribution in [2.45, 2.75) is 20.8 Å². The summed E-state index contributed by atoms with van der Waals surface area (Å²) < 4.78 is 10.6. The second-order valence-corrected chi connectivity index (χ2v) is 5.63. The molecule has 0 radical (unpaired) electrons. The number of anilines is 1. The molecular weight excluding hydrogens is 324 g/mol. The molecule has 25 heavy (non-hydrogen) atoms. The molecule has 132 valence electrons. The van der Waals surface area contributed by atoms with Gasteiger partial charge in [-0.05, 0) is 49.6 Å². The van der Waals surface area contributed by atoms with Crippen LogP contribution in [0.2, 0.25) is 0 Å². The number of nitro groups is 1. The number of benzene rings is 2. The highest BCUT2D eigenvalue weighted by Crippen LogP contribution is 2.29. The van der Waals surface area contributed by atoms with E-state index in [1.165, 1.54) is 19.2 Å². The van der Waals surface area contributed by atoms with Crippen molar-refractivity contribution in [3.8, 4) is 11.5 Å². The summed E-state index contributed by atoms with van der Waals surface area (Å²) in [5.41, 5.74) is 2.80. The first-order chi connectivity index (χ1) is 11.8. The summed E-state index contributed by atoms with van der Waals surface area (Å²) in [5, 5.41) is 13.7. The van der Waals surface area contributed by atoms with Gasteiger partial charge in [0.1, 0.15) is 17.2 Å². The third-order valence-corrected chi connectivity index (χ3v) is 3.90. The number of nitrogens with zero attached hydrogens (tertiary/aromatic N) is 1. The minimum Gasteiger partial charge on any atom is -0.496 e. The van der Waals surface area contributed by atoms with Gasteiger partial charge in [0, 0.05) is 0 Å². The van der Waals surface area contributed by atoms with Gasteiger partial charge in [-0.25, -0.2) is 0 Å². The molecule has 1 N–H and O–H groups in total. The third kappa shape index (κ3) is 4.26. The number of aryl methyl sites for hydroxylation is 2. The fourth-order valence-corrected chi connectivity index (χ4v) is 2.37. The van der Waals surface area contributed by atoms with Gasteiger partial charge in [0.25, 0.3) is 11.6 Å². The molecule has 0 bridgehead atoms. The van der Waals surface area contributed by atoms with Crippen molar-refractivity contribution >= 4 is 17.3 Å². The summed E-state index contributed by atoms with van der Waals surface area (Å²) >= 11 is 0. The smallest absolute Gasteiger partial charge is 0.296 e. The fourth-order valence-electron chi connectivity index (χ4n) is 2.37. The van der Waals surface area contributed by atoms with E-state index in [1.54, 1.807) is 6.07 Å². The molecule has 0 heterocycles. The lowest BCUT2D eigenvalue weighted by atomic mass is 10.1. The van der Waals surface area contributed by atoms with Crippen LogP contribution >= 0.6 is 0 Å². The molecule has 0 aliphatic carbocycles. The highest BCUT2D eigenvalue weighted by atomic mass is 16.6. The quantitative estimate of drug-likeness (QED) is 0.639. The number of ether oxygens (including phenoxy) is 2. The maximum atomic E-state index is 12.1. The average Bonchev–Trinajstić information content (AvgIpc) is 2.58. The van der Waals surface area contributed by atoms with Crippen molar-refractivity contribution in [2.24, 2.45) is 0 Å². The molecule has 0 spiro atoms. The maximum absolute atomic E-state index is 12.1. The van der Waals surface area contributed by atoms with Crippen LogP contribution in [-0.2, 0) is 4.79 Å². The highest BCUT2D eigenvalue weighted by Gasteiger charge is 2.18. The summed E-state index contributed by atoms with van der Waals surface area (Å²) in [7, 11) is 1.41. The zero-order valence-corrected chi connectivity index (χ0v) is 14.6. The molecule has 0 aromatic heterocycles. The summed E-state index contributed by atoms with van der Waals surface area (Å²) in [5.74, 6) is 0.514. The number of nitrogens with one attached hydrogen (secondary N) is 1. The van der Waals surface area contributed by atoms with Crippen LogP contribution in [0.3, 0.4) is 0 Å². The lowest BCUT2D eigenvalue weighted by Crippen LogP contribution is -2.21. The van der Waals surface area contributed by atoms with Crippen molar-refractivity contribution in [2.75, 3.05) is 19.0 Å². The largest absolute Gasteiger partial charge is 0.496 e. The standard InChI is InChI=1S/C18H20N2O5/c1-11-5-6-12(2)18(13(11)3)25-10-17(21)19-15-8-7-14(24-4)9-16(15)20(22)23/h5-9H,10H2,1-4H3,(H,19,21). The van der Waals surface area contributed by atoms with Crippen molar-refractivity contribution in [3.05, 3.63) is 57.1 Å². The first kappa shape index (κ1) is 18.3. The van der Waals surface area contributed by atoms with E-state index in [9.17, 15) is 14.9 Å². The number of carbonyl (C=O) groups excluding carboxylic acids is 1. The second-order valence-electron chi connectivity index (χ2n) is 5.63. The Balaban J connectivity index is 2.11. The van der Waals surface area contributed by atoms with Gasteiger partial charge in [-0.1, -0.05) is 12.1 Å². The monoisotopic (exact) mass is 344 g/mol. The molecule has 2 aromatic carbocycles. The van der Waals surface area contributed by atoms with Crippen LogP contribution in [-0.4, -0.2) is 24.5 Å². The summed E-state index contributed by atoms with van der Waals surface area (Å²) in [4.78, 5) is 22.7. The van der Waals surface area contributed by atoms with E-state index in [0.717, 1.165) is 16.7 Å². The summed E-state index contributed by atoms with van der Waals surface area (Å²) in [6, 6.07) is 8.13. The predicted molar refractivity (Wildman–Crippen MR) is 94.4 cm³/mol. The Hall–Kier alpha value is -3.09. The van der Waals surface area contributed by atoms with E-state index in [2.05, 4.69) is 5.32 Å². The van der Waals surface area contributed by atoms with Crippen LogP contribution in [0.5, 0.6) is 11.5 Å². The van der Waals surface area contributed by atoms with Crippen LogP contribution in [0.15, 0.2) is 30.3 Å². The topological polar surface area (TPSA) is 90.7 Å². The number of methoxy groups -OCH3 is 1. The Morgan fingerprint density at radius 1 is 1.16 bits per heavy atom. The van der Waals surface area contributed by atoms with Crippen LogP contribution in [0.25, 0.3) is 0 Å². The number of rotatable bonds is 6. The van der Waals surface area contributed by atoms with Crippen molar-refractivity contribution in [1.82, 2.24) is 0 Å². The predicted octanol–water partition coefficient (Wildman–Crippen LogP) is 3.55. The van der Waals surface area contributed by atoms with E-state index in [1.807, 2.05) is 32.9 Å². The Kier molecular flexibility index (Phi) is 5.59. The van der Waals surface area contributed by atoms with Crippen molar-refractivity contribution in [1.29, 1.82) is 0 Å². The minimum atomic E-state index is -0.576. The average molecular weight is 344 g/mol. The summed E-state index contributed by atoms with van der Waals surface area (Å²) in [6.45, 7) is 5.54. The van der Waals surface area contributed by atoms with E-state index in [4.69, 9.17) is 9.47 Å².